The van der Waals surface area contributed by atoms with Gasteiger partial charge in [-0.25, -0.2) is 8.42 Å². The molecule has 0 radical (unpaired) electrons. The van der Waals surface area contributed by atoms with Crippen LogP contribution in [0.2, 0.25) is 0 Å². The van der Waals surface area contributed by atoms with E-state index in [1.165, 1.54) is 13.2 Å². The summed E-state index contributed by atoms with van der Waals surface area (Å²) in [5.74, 6) is 0.299. The van der Waals surface area contributed by atoms with Gasteiger partial charge in [0.05, 0.1) is 7.11 Å². The number of sulfonamides is 1. The van der Waals surface area contributed by atoms with E-state index >= 15 is 0 Å². The predicted molar refractivity (Wildman–Crippen MR) is 86.0 cm³/mol. The Kier molecular flexibility index (Phi) is 6.98. The van der Waals surface area contributed by atoms with Gasteiger partial charge in [-0.15, -0.1) is 0 Å². The standard InChI is InChI=1S/C15H26N2O3S/c1-4-6-10-17(11-7-5-2)21(18,19)15-9-8-13(16)12-14(15)20-3/h8-9,12H,4-7,10-11,16H2,1-3H3. The first-order chi connectivity index (χ1) is 9.97. The van der Waals surface area contributed by atoms with Crippen LogP contribution in [0.4, 0.5) is 5.69 Å². The van der Waals surface area contributed by atoms with E-state index in [-0.39, 0.29) is 4.90 Å². The van der Waals surface area contributed by atoms with E-state index in [1.807, 2.05) is 0 Å². The van der Waals surface area contributed by atoms with Crippen LogP contribution in [-0.4, -0.2) is 32.9 Å². The van der Waals surface area contributed by atoms with Crippen LogP contribution in [0, 0.1) is 0 Å². The first-order valence-electron chi connectivity index (χ1n) is 7.41. The van der Waals surface area contributed by atoms with E-state index in [0.29, 0.717) is 24.5 Å². The highest BCUT2D eigenvalue weighted by molar-refractivity contribution is 7.89. The van der Waals surface area contributed by atoms with Gasteiger partial charge < -0.3 is 10.5 Å². The Morgan fingerprint density at radius 1 is 1.14 bits per heavy atom. The molecule has 0 unspecified atom stereocenters. The van der Waals surface area contributed by atoms with Gasteiger partial charge in [-0.3, -0.25) is 0 Å². The topological polar surface area (TPSA) is 72.6 Å². The van der Waals surface area contributed by atoms with Crippen molar-refractivity contribution in [2.45, 2.75) is 44.4 Å². The molecular weight excluding hydrogens is 288 g/mol. The van der Waals surface area contributed by atoms with Crippen LogP contribution in [0.1, 0.15) is 39.5 Å². The molecule has 0 amide bonds. The highest BCUT2D eigenvalue weighted by Gasteiger charge is 2.26. The molecule has 0 spiro atoms. The lowest BCUT2D eigenvalue weighted by atomic mass is 10.3. The van der Waals surface area contributed by atoms with Crippen molar-refractivity contribution < 1.29 is 13.2 Å². The minimum absolute atomic E-state index is 0.186. The molecule has 6 heteroatoms. The van der Waals surface area contributed by atoms with Crippen LogP contribution >= 0.6 is 0 Å². The zero-order chi connectivity index (χ0) is 15.9. The first-order valence-corrected chi connectivity index (χ1v) is 8.85. The van der Waals surface area contributed by atoms with Crippen LogP contribution < -0.4 is 10.5 Å². The molecule has 0 heterocycles. The Balaban J connectivity index is 3.14. The number of rotatable bonds is 9. The maximum Gasteiger partial charge on any atom is 0.246 e. The van der Waals surface area contributed by atoms with Crippen LogP contribution in [-0.2, 0) is 10.0 Å². The van der Waals surface area contributed by atoms with E-state index in [9.17, 15) is 8.42 Å². The summed E-state index contributed by atoms with van der Waals surface area (Å²) in [6.07, 6.45) is 3.61. The Morgan fingerprint density at radius 2 is 1.71 bits per heavy atom. The van der Waals surface area contributed by atoms with E-state index < -0.39 is 10.0 Å². The normalized spacial score (nSPS) is 11.8. The number of benzene rings is 1. The number of unbranched alkanes of at least 4 members (excludes halogenated alkanes) is 2. The van der Waals surface area contributed by atoms with Gasteiger partial charge in [-0.1, -0.05) is 26.7 Å². The van der Waals surface area contributed by atoms with Crippen LogP contribution in [0.25, 0.3) is 0 Å². The van der Waals surface area contributed by atoms with Crippen molar-refractivity contribution in [1.29, 1.82) is 0 Å². The van der Waals surface area contributed by atoms with Crippen molar-refractivity contribution in [1.82, 2.24) is 4.31 Å². The average molecular weight is 314 g/mol. The molecule has 21 heavy (non-hydrogen) atoms. The van der Waals surface area contributed by atoms with Gasteiger partial charge in [0, 0.05) is 24.8 Å². The fourth-order valence-corrected chi connectivity index (χ4v) is 3.71. The van der Waals surface area contributed by atoms with E-state index in [2.05, 4.69) is 13.8 Å². The summed E-state index contributed by atoms with van der Waals surface area (Å²) in [6, 6.07) is 4.66. The van der Waals surface area contributed by atoms with Crippen molar-refractivity contribution in [2.24, 2.45) is 0 Å². The Labute approximate surface area is 128 Å². The number of hydrogen-bond donors (Lipinski definition) is 1. The monoisotopic (exact) mass is 314 g/mol. The molecule has 0 aliphatic carbocycles. The number of methoxy groups -OCH3 is 1. The highest BCUT2D eigenvalue weighted by atomic mass is 32.2. The van der Waals surface area contributed by atoms with Crippen LogP contribution in [0.5, 0.6) is 5.75 Å². The third-order valence-electron chi connectivity index (χ3n) is 3.33. The first kappa shape index (κ1) is 17.8. The summed E-state index contributed by atoms with van der Waals surface area (Å²) in [5, 5.41) is 0. The molecule has 120 valence electrons. The van der Waals surface area contributed by atoms with Crippen molar-refractivity contribution in [2.75, 3.05) is 25.9 Å². The lowest BCUT2D eigenvalue weighted by Gasteiger charge is -2.23. The highest BCUT2D eigenvalue weighted by Crippen LogP contribution is 2.29. The van der Waals surface area contributed by atoms with Gasteiger partial charge in [-0.05, 0) is 25.0 Å². The average Bonchev–Trinajstić information content (AvgIpc) is 2.46. The number of nitrogen functional groups attached to an aromatic ring is 1. The summed E-state index contributed by atoms with van der Waals surface area (Å²) in [5.41, 5.74) is 6.18. The minimum atomic E-state index is -3.55. The lowest BCUT2D eigenvalue weighted by Crippen LogP contribution is -2.33. The van der Waals surface area contributed by atoms with Gasteiger partial charge in [0.2, 0.25) is 10.0 Å². The Morgan fingerprint density at radius 3 is 2.19 bits per heavy atom. The molecule has 0 saturated heterocycles. The summed E-state index contributed by atoms with van der Waals surface area (Å²) in [6.45, 7) is 5.17. The molecule has 0 atom stereocenters. The fraction of sp³-hybridized carbons (Fsp3) is 0.600. The predicted octanol–water partition coefficient (Wildman–Crippen LogP) is 2.87. The molecule has 0 aliphatic heterocycles. The molecule has 1 aromatic rings. The molecular formula is C15H26N2O3S. The van der Waals surface area contributed by atoms with Crippen molar-refractivity contribution in [3.05, 3.63) is 18.2 Å². The zero-order valence-corrected chi connectivity index (χ0v) is 13.9. The summed E-state index contributed by atoms with van der Waals surface area (Å²) in [4.78, 5) is 0.186. The molecule has 1 aromatic carbocycles. The molecule has 2 N–H and O–H groups in total. The lowest BCUT2D eigenvalue weighted by molar-refractivity contribution is 0.381. The molecule has 0 saturated carbocycles. The van der Waals surface area contributed by atoms with Gasteiger partial charge in [-0.2, -0.15) is 4.31 Å². The minimum Gasteiger partial charge on any atom is -0.495 e. The summed E-state index contributed by atoms with van der Waals surface area (Å²) < 4.78 is 32.4. The summed E-state index contributed by atoms with van der Waals surface area (Å²) >= 11 is 0. The number of nitrogens with two attached hydrogens (primary N) is 1. The van der Waals surface area contributed by atoms with Crippen molar-refractivity contribution in [3.63, 3.8) is 0 Å². The molecule has 0 fully saturated rings. The fourth-order valence-electron chi connectivity index (χ4n) is 2.06. The number of nitrogens with zero attached hydrogens (tertiary/aromatic N) is 1. The maximum atomic E-state index is 12.8. The van der Waals surface area contributed by atoms with E-state index in [4.69, 9.17) is 10.5 Å². The molecule has 0 bridgehead atoms. The van der Waals surface area contributed by atoms with Gasteiger partial charge >= 0.3 is 0 Å². The third kappa shape index (κ3) is 4.61. The largest absolute Gasteiger partial charge is 0.495 e. The molecule has 1 rings (SSSR count). The molecule has 5 nitrogen and oxygen atoms in total. The summed E-state index contributed by atoms with van der Waals surface area (Å²) in [7, 11) is -2.10. The smallest absolute Gasteiger partial charge is 0.246 e. The molecule has 0 aromatic heterocycles. The Hall–Kier alpha value is -1.27. The zero-order valence-electron chi connectivity index (χ0n) is 13.1. The second-order valence-electron chi connectivity index (χ2n) is 5.02. The quantitative estimate of drug-likeness (QED) is 0.711. The van der Waals surface area contributed by atoms with Crippen molar-refractivity contribution in [3.8, 4) is 5.75 Å². The van der Waals surface area contributed by atoms with E-state index in [1.54, 1.807) is 16.4 Å². The SMILES string of the molecule is CCCCN(CCCC)S(=O)(=O)c1ccc(N)cc1OC. The second-order valence-corrected chi connectivity index (χ2v) is 6.93. The second kappa shape index (κ2) is 8.24. The van der Waals surface area contributed by atoms with Gasteiger partial charge in [0.15, 0.2) is 0 Å². The number of anilines is 1. The third-order valence-corrected chi connectivity index (χ3v) is 5.27. The van der Waals surface area contributed by atoms with Gasteiger partial charge in [0.25, 0.3) is 0 Å². The van der Waals surface area contributed by atoms with Crippen LogP contribution in [0.15, 0.2) is 23.1 Å². The molecule has 0 aliphatic rings. The number of ether oxygens (including phenoxy) is 1. The van der Waals surface area contributed by atoms with Crippen molar-refractivity contribution >= 4 is 15.7 Å². The van der Waals surface area contributed by atoms with E-state index in [0.717, 1.165) is 25.7 Å². The Bertz CT molecular complexity index is 536. The van der Waals surface area contributed by atoms with Crippen LogP contribution in [0.3, 0.4) is 0 Å². The maximum absolute atomic E-state index is 12.8. The number of hydrogen-bond acceptors (Lipinski definition) is 4. The van der Waals surface area contributed by atoms with Gasteiger partial charge in [0.1, 0.15) is 10.6 Å².